The Bertz CT molecular complexity index is 407. The third-order valence-electron chi connectivity index (χ3n) is 2.28. The second kappa shape index (κ2) is 2.77. The summed E-state index contributed by atoms with van der Waals surface area (Å²) in [7, 11) is -2.84. The largest absolute Gasteiger partial charge is 0.446 e. The van der Waals surface area contributed by atoms with E-state index in [4.69, 9.17) is 10.2 Å². The lowest BCUT2D eigenvalue weighted by Crippen LogP contribution is -2.02. The van der Waals surface area contributed by atoms with Gasteiger partial charge in [0.2, 0.25) is 0 Å². The van der Waals surface area contributed by atoms with E-state index in [0.717, 1.165) is 0 Å². The van der Waals surface area contributed by atoms with E-state index in [1.54, 1.807) is 12.1 Å². The van der Waals surface area contributed by atoms with Crippen molar-refractivity contribution in [3.8, 4) is 0 Å². The van der Waals surface area contributed by atoms with E-state index in [2.05, 4.69) is 0 Å². The first kappa shape index (κ1) is 8.62. The van der Waals surface area contributed by atoms with Crippen molar-refractivity contribution >= 4 is 15.7 Å². The van der Waals surface area contributed by atoms with Crippen LogP contribution in [0.15, 0.2) is 16.5 Å². The second-order valence-corrected chi connectivity index (χ2v) is 5.57. The summed E-state index contributed by atoms with van der Waals surface area (Å²) >= 11 is 0. The molecule has 5 heteroatoms. The Labute approximate surface area is 76.6 Å². The average molecular weight is 201 g/mol. The fourth-order valence-corrected chi connectivity index (χ4v) is 3.36. The van der Waals surface area contributed by atoms with Gasteiger partial charge in [0.15, 0.2) is 15.7 Å². The Kier molecular flexibility index (Phi) is 1.83. The topological polar surface area (TPSA) is 73.3 Å². The molecule has 1 fully saturated rings. The van der Waals surface area contributed by atoms with E-state index in [1.165, 1.54) is 0 Å². The van der Waals surface area contributed by atoms with Gasteiger partial charge in [0, 0.05) is 12.0 Å². The summed E-state index contributed by atoms with van der Waals surface area (Å²) < 4.78 is 27.5. The highest BCUT2D eigenvalue weighted by Gasteiger charge is 2.30. The molecule has 1 aromatic heterocycles. The first-order valence-corrected chi connectivity index (χ1v) is 5.94. The molecule has 1 aliphatic heterocycles. The van der Waals surface area contributed by atoms with E-state index >= 15 is 0 Å². The van der Waals surface area contributed by atoms with Crippen molar-refractivity contribution in [2.24, 2.45) is 0 Å². The minimum atomic E-state index is -2.84. The van der Waals surface area contributed by atoms with E-state index in [-0.39, 0.29) is 17.4 Å². The average Bonchev–Trinajstić information content (AvgIpc) is 2.56. The molecule has 0 aromatic carbocycles. The second-order valence-electron chi connectivity index (χ2n) is 3.34. The van der Waals surface area contributed by atoms with Gasteiger partial charge in [-0.2, -0.15) is 0 Å². The molecular weight excluding hydrogens is 190 g/mol. The number of hydrogen-bond donors (Lipinski definition) is 1. The van der Waals surface area contributed by atoms with Crippen molar-refractivity contribution in [3.05, 3.63) is 17.9 Å². The molecule has 2 heterocycles. The lowest BCUT2D eigenvalue weighted by molar-refractivity contribution is 0.491. The van der Waals surface area contributed by atoms with Gasteiger partial charge in [-0.25, -0.2) is 8.42 Å². The summed E-state index contributed by atoms with van der Waals surface area (Å²) in [5.74, 6) is 1.50. The molecule has 0 amide bonds. The molecule has 0 bridgehead atoms. The zero-order valence-electron chi connectivity index (χ0n) is 7.06. The minimum Gasteiger partial charge on any atom is -0.446 e. The van der Waals surface area contributed by atoms with Crippen LogP contribution in [0.3, 0.4) is 0 Å². The summed E-state index contributed by atoms with van der Waals surface area (Å²) in [6.45, 7) is 0. The minimum absolute atomic E-state index is 0.00213. The zero-order chi connectivity index (χ0) is 9.47. The smallest absolute Gasteiger partial charge is 0.190 e. The lowest BCUT2D eigenvalue weighted by atomic mass is 10.1. The molecule has 2 N–H and O–H groups in total. The fraction of sp³-hybridized carbons (Fsp3) is 0.500. The SMILES string of the molecule is Nc1ccc(C2CCS(=O)(=O)C2)o1. The molecule has 4 nitrogen and oxygen atoms in total. The monoisotopic (exact) mass is 201 g/mol. The van der Waals surface area contributed by atoms with Crippen molar-refractivity contribution in [2.75, 3.05) is 17.2 Å². The first-order valence-electron chi connectivity index (χ1n) is 4.12. The molecule has 1 aliphatic rings. The van der Waals surface area contributed by atoms with Gasteiger partial charge in [0.1, 0.15) is 5.76 Å². The van der Waals surface area contributed by atoms with Crippen LogP contribution in [0.4, 0.5) is 5.88 Å². The van der Waals surface area contributed by atoms with Crippen LogP contribution in [-0.2, 0) is 9.84 Å². The molecule has 0 spiro atoms. The standard InChI is InChI=1S/C8H11NO3S/c9-8-2-1-7(12-8)6-3-4-13(10,11)5-6/h1-2,6H,3-5,9H2. The molecule has 2 rings (SSSR count). The van der Waals surface area contributed by atoms with Gasteiger partial charge in [0.05, 0.1) is 11.5 Å². The van der Waals surface area contributed by atoms with Crippen LogP contribution in [-0.4, -0.2) is 19.9 Å². The normalized spacial score (nSPS) is 26.3. The van der Waals surface area contributed by atoms with Gasteiger partial charge >= 0.3 is 0 Å². The number of hydrogen-bond acceptors (Lipinski definition) is 4. The molecule has 0 saturated carbocycles. The predicted molar refractivity (Wildman–Crippen MR) is 49.1 cm³/mol. The number of anilines is 1. The summed E-state index contributed by atoms with van der Waals surface area (Å²) in [6, 6.07) is 3.40. The molecule has 1 unspecified atom stereocenters. The quantitative estimate of drug-likeness (QED) is 0.728. The zero-order valence-corrected chi connectivity index (χ0v) is 7.88. The van der Waals surface area contributed by atoms with E-state index < -0.39 is 9.84 Å². The van der Waals surface area contributed by atoms with E-state index in [9.17, 15) is 8.42 Å². The highest BCUT2D eigenvalue weighted by Crippen LogP contribution is 2.30. The van der Waals surface area contributed by atoms with Crippen molar-refractivity contribution in [3.63, 3.8) is 0 Å². The van der Waals surface area contributed by atoms with Crippen LogP contribution in [0.5, 0.6) is 0 Å². The van der Waals surface area contributed by atoms with Crippen molar-refractivity contribution in [1.29, 1.82) is 0 Å². The highest BCUT2D eigenvalue weighted by atomic mass is 32.2. The maximum absolute atomic E-state index is 11.1. The Morgan fingerprint density at radius 2 is 2.23 bits per heavy atom. The Morgan fingerprint density at radius 1 is 1.46 bits per heavy atom. The van der Waals surface area contributed by atoms with Gasteiger partial charge in [-0.15, -0.1) is 0 Å². The fourth-order valence-electron chi connectivity index (χ4n) is 1.61. The van der Waals surface area contributed by atoms with Crippen LogP contribution >= 0.6 is 0 Å². The molecule has 0 aliphatic carbocycles. The molecule has 1 atom stereocenters. The van der Waals surface area contributed by atoms with Gasteiger partial charge in [-0.05, 0) is 12.5 Å². The molecule has 1 saturated heterocycles. The van der Waals surface area contributed by atoms with Crippen LogP contribution in [0.25, 0.3) is 0 Å². The number of sulfone groups is 1. The Balaban J connectivity index is 2.21. The molecule has 1 aromatic rings. The number of nitrogen functional groups attached to an aromatic ring is 1. The Hall–Kier alpha value is -0.970. The van der Waals surface area contributed by atoms with Crippen LogP contribution in [0.1, 0.15) is 18.1 Å². The summed E-state index contributed by atoms with van der Waals surface area (Å²) in [5, 5.41) is 0. The lowest BCUT2D eigenvalue weighted by Gasteiger charge is -2.01. The van der Waals surface area contributed by atoms with E-state index in [0.29, 0.717) is 18.1 Å². The van der Waals surface area contributed by atoms with E-state index in [1.807, 2.05) is 0 Å². The van der Waals surface area contributed by atoms with Crippen molar-refractivity contribution < 1.29 is 12.8 Å². The number of rotatable bonds is 1. The van der Waals surface area contributed by atoms with Crippen LogP contribution in [0, 0.1) is 0 Å². The van der Waals surface area contributed by atoms with Gasteiger partial charge in [-0.3, -0.25) is 0 Å². The molecule has 13 heavy (non-hydrogen) atoms. The third kappa shape index (κ3) is 1.70. The summed E-state index contributed by atoms with van der Waals surface area (Å²) in [4.78, 5) is 0. The molecular formula is C8H11NO3S. The van der Waals surface area contributed by atoms with Crippen LogP contribution in [0.2, 0.25) is 0 Å². The summed E-state index contributed by atoms with van der Waals surface area (Å²) in [5.41, 5.74) is 5.40. The molecule has 0 radical (unpaired) electrons. The van der Waals surface area contributed by atoms with Gasteiger partial charge < -0.3 is 10.2 Å². The Morgan fingerprint density at radius 3 is 2.69 bits per heavy atom. The first-order chi connectivity index (χ1) is 6.07. The van der Waals surface area contributed by atoms with Crippen LogP contribution < -0.4 is 5.73 Å². The third-order valence-corrected chi connectivity index (χ3v) is 4.05. The van der Waals surface area contributed by atoms with Crippen molar-refractivity contribution in [1.82, 2.24) is 0 Å². The van der Waals surface area contributed by atoms with Gasteiger partial charge in [0.25, 0.3) is 0 Å². The summed E-state index contributed by atoms with van der Waals surface area (Å²) in [6.07, 6.45) is 0.648. The maximum atomic E-state index is 11.1. The predicted octanol–water partition coefficient (Wildman–Crippen LogP) is 0.764. The maximum Gasteiger partial charge on any atom is 0.190 e. The number of furan rings is 1. The highest BCUT2D eigenvalue weighted by molar-refractivity contribution is 7.91. The van der Waals surface area contributed by atoms with Gasteiger partial charge in [-0.1, -0.05) is 0 Å². The number of nitrogens with two attached hydrogens (primary N) is 1. The molecule has 72 valence electrons. The van der Waals surface area contributed by atoms with Crippen molar-refractivity contribution in [2.45, 2.75) is 12.3 Å².